The molecule has 1 heterocycles. The molecule has 0 unspecified atom stereocenters. The van der Waals surface area contributed by atoms with Crippen LogP contribution in [0.15, 0.2) is 6.07 Å². The van der Waals surface area contributed by atoms with Gasteiger partial charge in [-0.3, -0.25) is 4.79 Å². The number of nitrogens with one attached hydrogen (secondary N) is 1. The van der Waals surface area contributed by atoms with Crippen LogP contribution in [0.25, 0.3) is 0 Å². The molecule has 1 amide bonds. The molecule has 116 valence electrons. The summed E-state index contributed by atoms with van der Waals surface area (Å²) >= 11 is 0. The molecule has 0 fully saturated rings. The van der Waals surface area contributed by atoms with E-state index in [0.717, 1.165) is 5.69 Å². The lowest BCUT2D eigenvalue weighted by atomic mass is 10.1. The second-order valence-corrected chi connectivity index (χ2v) is 5.64. The van der Waals surface area contributed by atoms with Gasteiger partial charge in [0.05, 0.1) is 6.54 Å². The number of likely N-dealkylation sites (N-methyl/N-ethyl adjacent to an activating group) is 1. The zero-order valence-electron chi connectivity index (χ0n) is 13.2. The van der Waals surface area contributed by atoms with Gasteiger partial charge in [-0.15, -0.1) is 0 Å². The van der Waals surface area contributed by atoms with E-state index in [2.05, 4.69) is 10.3 Å². The molecule has 0 atom stereocenters. The quantitative estimate of drug-likeness (QED) is 0.832. The van der Waals surface area contributed by atoms with Crippen molar-refractivity contribution in [2.75, 3.05) is 25.0 Å². The first-order valence-corrected chi connectivity index (χ1v) is 6.91. The summed E-state index contributed by atoms with van der Waals surface area (Å²) in [6.45, 7) is 8.22. The van der Waals surface area contributed by atoms with Gasteiger partial charge in [-0.25, -0.2) is 9.78 Å². The van der Waals surface area contributed by atoms with Gasteiger partial charge < -0.3 is 15.3 Å². The average Bonchev–Trinajstić information content (AvgIpc) is 2.34. The molecule has 0 radical (unpaired) electrons. The smallest absolute Gasteiger partial charge is 0.339 e. The van der Waals surface area contributed by atoms with Crippen LogP contribution in [0.2, 0.25) is 0 Å². The van der Waals surface area contributed by atoms with Crippen molar-refractivity contribution in [2.45, 2.75) is 27.7 Å². The van der Waals surface area contributed by atoms with Gasteiger partial charge >= 0.3 is 5.97 Å². The van der Waals surface area contributed by atoms with E-state index >= 15 is 0 Å². The number of anilines is 1. The van der Waals surface area contributed by atoms with Crippen molar-refractivity contribution in [2.24, 2.45) is 5.92 Å². The molecule has 0 aromatic carbocycles. The lowest BCUT2D eigenvalue weighted by Crippen LogP contribution is -2.37. The fourth-order valence-electron chi connectivity index (χ4n) is 2.02. The van der Waals surface area contributed by atoms with E-state index in [1.807, 2.05) is 13.8 Å². The topological polar surface area (TPSA) is 82.5 Å². The van der Waals surface area contributed by atoms with Crippen LogP contribution in [0.4, 0.5) is 5.82 Å². The van der Waals surface area contributed by atoms with Crippen molar-refractivity contribution >= 4 is 17.7 Å². The number of hydrogen-bond acceptors (Lipinski definition) is 4. The van der Waals surface area contributed by atoms with E-state index in [1.54, 1.807) is 31.9 Å². The summed E-state index contributed by atoms with van der Waals surface area (Å²) in [4.78, 5) is 29.1. The molecule has 6 nitrogen and oxygen atoms in total. The number of carbonyl (C=O) groups excluding carboxylic acids is 1. The van der Waals surface area contributed by atoms with Gasteiger partial charge in [0, 0.05) is 19.3 Å². The molecule has 0 saturated carbocycles. The molecule has 0 saturated heterocycles. The van der Waals surface area contributed by atoms with Crippen LogP contribution < -0.4 is 10.2 Å². The molecule has 1 aromatic heterocycles. The van der Waals surface area contributed by atoms with E-state index in [-0.39, 0.29) is 18.0 Å². The second kappa shape index (κ2) is 7.06. The van der Waals surface area contributed by atoms with Crippen molar-refractivity contribution in [1.29, 1.82) is 0 Å². The first-order chi connectivity index (χ1) is 9.72. The minimum Gasteiger partial charge on any atom is -0.478 e. The third-order valence-electron chi connectivity index (χ3n) is 2.99. The molecule has 6 heteroatoms. The number of carboxylic acids is 1. The molecule has 0 aliphatic heterocycles. The van der Waals surface area contributed by atoms with Gasteiger partial charge in [0.1, 0.15) is 11.4 Å². The summed E-state index contributed by atoms with van der Waals surface area (Å²) in [5, 5.41) is 12.1. The van der Waals surface area contributed by atoms with Crippen LogP contribution in [-0.2, 0) is 4.79 Å². The van der Waals surface area contributed by atoms with E-state index in [0.29, 0.717) is 23.8 Å². The molecule has 2 N–H and O–H groups in total. The highest BCUT2D eigenvalue weighted by molar-refractivity contribution is 5.95. The highest BCUT2D eigenvalue weighted by Crippen LogP contribution is 2.21. The van der Waals surface area contributed by atoms with Crippen molar-refractivity contribution < 1.29 is 14.7 Å². The summed E-state index contributed by atoms with van der Waals surface area (Å²) in [7, 11) is 1.67. The zero-order valence-corrected chi connectivity index (χ0v) is 13.2. The number of nitrogens with zero attached hydrogens (tertiary/aromatic N) is 2. The van der Waals surface area contributed by atoms with Gasteiger partial charge in [0.25, 0.3) is 0 Å². The van der Waals surface area contributed by atoms with Gasteiger partial charge in [-0.05, 0) is 31.4 Å². The van der Waals surface area contributed by atoms with Crippen LogP contribution in [0.1, 0.15) is 35.5 Å². The Morgan fingerprint density at radius 3 is 2.52 bits per heavy atom. The zero-order chi connectivity index (χ0) is 16.2. The Morgan fingerprint density at radius 1 is 1.38 bits per heavy atom. The lowest BCUT2D eigenvalue weighted by Gasteiger charge is -2.21. The predicted molar refractivity (Wildman–Crippen MR) is 81.8 cm³/mol. The highest BCUT2D eigenvalue weighted by Gasteiger charge is 2.20. The molecule has 0 aliphatic rings. The fraction of sp³-hybridized carbons (Fsp3) is 0.533. The first kappa shape index (κ1) is 16.9. The monoisotopic (exact) mass is 293 g/mol. The summed E-state index contributed by atoms with van der Waals surface area (Å²) in [5.74, 6) is -0.499. The number of rotatable bonds is 6. The van der Waals surface area contributed by atoms with Gasteiger partial charge in [-0.2, -0.15) is 0 Å². The van der Waals surface area contributed by atoms with E-state index in [4.69, 9.17) is 0 Å². The maximum atomic E-state index is 11.9. The third-order valence-corrected chi connectivity index (χ3v) is 2.99. The van der Waals surface area contributed by atoms with Crippen LogP contribution in [0.5, 0.6) is 0 Å². The van der Waals surface area contributed by atoms with Crippen LogP contribution in [-0.4, -0.2) is 42.1 Å². The molecule has 0 aliphatic carbocycles. The maximum Gasteiger partial charge on any atom is 0.339 e. The number of aromatic nitrogens is 1. The molecule has 0 spiro atoms. The Balaban J connectivity index is 2.94. The normalized spacial score (nSPS) is 10.6. The molecule has 21 heavy (non-hydrogen) atoms. The van der Waals surface area contributed by atoms with Crippen molar-refractivity contribution in [1.82, 2.24) is 10.3 Å². The van der Waals surface area contributed by atoms with Crippen molar-refractivity contribution in [3.8, 4) is 0 Å². The number of amides is 1. The molecule has 0 bridgehead atoms. The van der Waals surface area contributed by atoms with Crippen LogP contribution in [0, 0.1) is 19.8 Å². The number of hydrogen-bond donors (Lipinski definition) is 2. The summed E-state index contributed by atoms with van der Waals surface area (Å²) in [5.41, 5.74) is 1.50. The van der Waals surface area contributed by atoms with Gasteiger partial charge in [0.2, 0.25) is 5.91 Å². The van der Waals surface area contributed by atoms with Crippen molar-refractivity contribution in [3.63, 3.8) is 0 Å². The van der Waals surface area contributed by atoms with E-state index in [1.165, 1.54) is 0 Å². The summed E-state index contributed by atoms with van der Waals surface area (Å²) < 4.78 is 0. The van der Waals surface area contributed by atoms with Gasteiger partial charge in [0.15, 0.2) is 0 Å². The Kier molecular flexibility index (Phi) is 5.69. The Morgan fingerprint density at radius 2 is 2.00 bits per heavy atom. The SMILES string of the molecule is Cc1cc(C)c(C(=O)O)c(N(C)CC(=O)NCC(C)C)n1. The number of carbonyl (C=O) groups is 2. The van der Waals surface area contributed by atoms with Gasteiger partial charge in [-0.1, -0.05) is 13.8 Å². The minimum absolute atomic E-state index is 0.0723. The number of aryl methyl sites for hydroxylation is 2. The Labute approximate surface area is 125 Å². The first-order valence-electron chi connectivity index (χ1n) is 6.91. The predicted octanol–water partition coefficient (Wildman–Crippen LogP) is 1.61. The largest absolute Gasteiger partial charge is 0.478 e. The standard InChI is InChI=1S/C15H23N3O3/c1-9(2)7-16-12(19)8-18(5)14-13(15(20)21)10(3)6-11(4)17-14/h6,9H,7-8H2,1-5H3,(H,16,19)(H,20,21). The third kappa shape index (κ3) is 4.73. The molecular weight excluding hydrogens is 270 g/mol. The summed E-state index contributed by atoms with van der Waals surface area (Å²) in [6.07, 6.45) is 0. The molecule has 1 aromatic rings. The van der Waals surface area contributed by atoms with E-state index < -0.39 is 5.97 Å². The van der Waals surface area contributed by atoms with E-state index in [9.17, 15) is 14.7 Å². The number of aromatic carboxylic acids is 1. The minimum atomic E-state index is -1.04. The lowest BCUT2D eigenvalue weighted by molar-refractivity contribution is -0.119. The maximum absolute atomic E-state index is 11.9. The summed E-state index contributed by atoms with van der Waals surface area (Å²) in [6, 6.07) is 1.72. The fourth-order valence-corrected chi connectivity index (χ4v) is 2.02. The van der Waals surface area contributed by atoms with Crippen LogP contribution in [0.3, 0.4) is 0 Å². The molecule has 1 rings (SSSR count). The highest BCUT2D eigenvalue weighted by atomic mass is 16.4. The number of pyridine rings is 1. The second-order valence-electron chi connectivity index (χ2n) is 5.64. The Bertz CT molecular complexity index is 541. The number of carboxylic acid groups (broad SMARTS) is 1. The Hall–Kier alpha value is -2.11. The van der Waals surface area contributed by atoms with Crippen molar-refractivity contribution in [3.05, 3.63) is 22.9 Å². The average molecular weight is 293 g/mol. The molecular formula is C15H23N3O3. The van der Waals surface area contributed by atoms with Crippen LogP contribution >= 0.6 is 0 Å².